The zero-order valence-corrected chi connectivity index (χ0v) is 22.2. The van der Waals surface area contributed by atoms with Crippen LogP contribution in [0.2, 0.25) is 0 Å². The molecule has 0 fully saturated rings. The highest BCUT2D eigenvalue weighted by Gasteiger charge is 2.22. The molecule has 0 N–H and O–H groups in total. The smallest absolute Gasteiger partial charge is 0.193 e. The van der Waals surface area contributed by atoms with Gasteiger partial charge >= 0.3 is 0 Å². The molecule has 1 aliphatic rings. The summed E-state index contributed by atoms with van der Waals surface area (Å²) < 4.78 is 0. The van der Waals surface area contributed by atoms with Crippen LogP contribution in [0, 0.1) is 0 Å². The highest BCUT2D eigenvalue weighted by molar-refractivity contribution is 6.12. The molecule has 0 aromatic heterocycles. The van der Waals surface area contributed by atoms with Gasteiger partial charge in [-0.3, -0.25) is 4.79 Å². The lowest BCUT2D eigenvalue weighted by Crippen LogP contribution is -2.05. The average molecular weight is 513 g/mol. The van der Waals surface area contributed by atoms with Gasteiger partial charge in [-0.1, -0.05) is 133 Å². The molecule has 0 radical (unpaired) electrons. The third kappa shape index (κ3) is 4.57. The fourth-order valence-electron chi connectivity index (χ4n) is 5.76. The third-order valence-corrected chi connectivity index (χ3v) is 8.02. The highest BCUT2D eigenvalue weighted by Crippen LogP contribution is 2.33. The van der Waals surface area contributed by atoms with Crippen molar-refractivity contribution in [2.45, 2.75) is 12.8 Å². The number of carbonyl (C=O) groups is 1. The minimum Gasteiger partial charge on any atom is -0.289 e. The summed E-state index contributed by atoms with van der Waals surface area (Å²) in [5.74, 6) is 0.119. The number of carbonyl (C=O) groups excluding carboxylic acids is 1. The first kappa shape index (κ1) is 24.1. The van der Waals surface area contributed by atoms with Gasteiger partial charge in [0.15, 0.2) is 5.78 Å². The van der Waals surface area contributed by atoms with Crippen LogP contribution in [0.25, 0.3) is 44.5 Å². The molecule has 0 amide bonds. The summed E-state index contributed by atoms with van der Waals surface area (Å²) in [5, 5.41) is 0. The van der Waals surface area contributed by atoms with Gasteiger partial charge in [-0.2, -0.15) is 0 Å². The lowest BCUT2D eigenvalue weighted by atomic mass is 9.92. The molecule has 190 valence electrons. The Bertz CT molecular complexity index is 1680. The summed E-state index contributed by atoms with van der Waals surface area (Å²) in [6, 6.07) is 50.8. The van der Waals surface area contributed by atoms with E-state index in [1.54, 1.807) is 0 Å². The van der Waals surface area contributed by atoms with E-state index in [-0.39, 0.29) is 5.78 Å². The van der Waals surface area contributed by atoms with Crippen LogP contribution < -0.4 is 0 Å². The van der Waals surface area contributed by atoms with Gasteiger partial charge in [-0.25, -0.2) is 0 Å². The Morgan fingerprint density at radius 3 is 1.00 bits per heavy atom. The zero-order valence-electron chi connectivity index (χ0n) is 22.2. The van der Waals surface area contributed by atoms with Crippen molar-refractivity contribution in [1.29, 1.82) is 0 Å². The lowest BCUT2D eigenvalue weighted by Gasteiger charge is -2.11. The normalized spacial score (nSPS) is 12.3. The predicted molar refractivity (Wildman–Crippen MR) is 165 cm³/mol. The van der Waals surface area contributed by atoms with Crippen LogP contribution in [0.3, 0.4) is 0 Å². The molecule has 0 atom stereocenters. The SMILES string of the molecule is O=C1c2cc(-c3ccc(-c4ccccc4)cc3)ccc2CCc2ccc(-c3ccc(-c4ccccc4)cc3)cc21. The maximum atomic E-state index is 14.0. The second-order valence-corrected chi connectivity index (χ2v) is 10.5. The molecule has 1 aliphatic carbocycles. The number of hydrogen-bond acceptors (Lipinski definition) is 1. The molecule has 1 heteroatoms. The van der Waals surface area contributed by atoms with Crippen LogP contribution in [0.4, 0.5) is 0 Å². The van der Waals surface area contributed by atoms with Crippen LogP contribution in [-0.2, 0) is 12.8 Å². The molecule has 0 unspecified atom stereocenters. The molecule has 6 aromatic rings. The van der Waals surface area contributed by atoms with Crippen LogP contribution in [0.1, 0.15) is 27.0 Å². The fourth-order valence-corrected chi connectivity index (χ4v) is 5.76. The molecule has 0 saturated heterocycles. The molecule has 40 heavy (non-hydrogen) atoms. The van der Waals surface area contributed by atoms with Gasteiger partial charge in [0.05, 0.1) is 0 Å². The van der Waals surface area contributed by atoms with Crippen LogP contribution >= 0.6 is 0 Å². The summed E-state index contributed by atoms with van der Waals surface area (Å²) in [7, 11) is 0. The summed E-state index contributed by atoms with van der Waals surface area (Å²) >= 11 is 0. The fraction of sp³-hybridized carbons (Fsp3) is 0.0513. The van der Waals surface area contributed by atoms with E-state index in [1.807, 2.05) is 12.1 Å². The lowest BCUT2D eigenvalue weighted by molar-refractivity contribution is 0.103. The number of fused-ring (bicyclic) bond motifs is 2. The number of benzene rings is 6. The maximum Gasteiger partial charge on any atom is 0.193 e. The van der Waals surface area contributed by atoms with Gasteiger partial charge in [-0.05, 0) is 80.6 Å². The molecular formula is C39H28O. The van der Waals surface area contributed by atoms with E-state index in [0.29, 0.717) is 0 Å². The van der Waals surface area contributed by atoms with Crippen molar-refractivity contribution in [2.75, 3.05) is 0 Å². The zero-order chi connectivity index (χ0) is 26.9. The first-order valence-electron chi connectivity index (χ1n) is 13.9. The van der Waals surface area contributed by atoms with Gasteiger partial charge < -0.3 is 0 Å². The topological polar surface area (TPSA) is 17.1 Å². The van der Waals surface area contributed by atoms with Crippen molar-refractivity contribution in [3.8, 4) is 44.5 Å². The number of aryl methyl sites for hydroxylation is 2. The van der Waals surface area contributed by atoms with Crippen molar-refractivity contribution >= 4 is 5.78 Å². The number of ketones is 1. The van der Waals surface area contributed by atoms with E-state index >= 15 is 0 Å². The van der Waals surface area contributed by atoms with E-state index in [2.05, 4.69) is 133 Å². The molecule has 7 rings (SSSR count). The third-order valence-electron chi connectivity index (χ3n) is 8.02. The van der Waals surface area contributed by atoms with Crippen LogP contribution in [0.15, 0.2) is 146 Å². The molecule has 0 heterocycles. The van der Waals surface area contributed by atoms with Gasteiger partial charge in [0, 0.05) is 11.1 Å². The van der Waals surface area contributed by atoms with Gasteiger partial charge in [-0.15, -0.1) is 0 Å². The van der Waals surface area contributed by atoms with Gasteiger partial charge in [0.2, 0.25) is 0 Å². The molecule has 0 aliphatic heterocycles. The van der Waals surface area contributed by atoms with Crippen LogP contribution in [0.5, 0.6) is 0 Å². The van der Waals surface area contributed by atoms with E-state index in [9.17, 15) is 4.79 Å². The Labute approximate surface area is 235 Å². The Hall–Kier alpha value is -5.01. The second kappa shape index (κ2) is 10.3. The summed E-state index contributed by atoms with van der Waals surface area (Å²) in [6.07, 6.45) is 1.73. The molecular weight excluding hydrogens is 484 g/mol. The maximum absolute atomic E-state index is 14.0. The molecule has 0 spiro atoms. The van der Waals surface area contributed by atoms with Crippen molar-refractivity contribution in [2.24, 2.45) is 0 Å². The summed E-state index contributed by atoms with van der Waals surface area (Å²) in [5.41, 5.74) is 13.0. The molecule has 1 nitrogen and oxygen atoms in total. The van der Waals surface area contributed by atoms with Crippen molar-refractivity contribution in [1.82, 2.24) is 0 Å². The minimum absolute atomic E-state index is 0.119. The van der Waals surface area contributed by atoms with Gasteiger partial charge in [0.25, 0.3) is 0 Å². The molecule has 0 bridgehead atoms. The monoisotopic (exact) mass is 512 g/mol. The Kier molecular flexibility index (Phi) is 6.18. The van der Waals surface area contributed by atoms with E-state index in [1.165, 1.54) is 22.3 Å². The summed E-state index contributed by atoms with van der Waals surface area (Å²) in [4.78, 5) is 14.0. The van der Waals surface area contributed by atoms with Crippen molar-refractivity contribution in [3.63, 3.8) is 0 Å². The van der Waals surface area contributed by atoms with E-state index in [0.717, 1.165) is 57.3 Å². The number of rotatable bonds is 4. The second-order valence-electron chi connectivity index (χ2n) is 10.5. The quantitative estimate of drug-likeness (QED) is 0.230. The first-order chi connectivity index (χ1) is 19.7. The first-order valence-corrected chi connectivity index (χ1v) is 13.9. The molecule has 0 saturated carbocycles. The Morgan fingerprint density at radius 2 is 0.625 bits per heavy atom. The highest BCUT2D eigenvalue weighted by atomic mass is 16.1. The van der Waals surface area contributed by atoms with Crippen molar-refractivity contribution in [3.05, 3.63) is 168 Å². The van der Waals surface area contributed by atoms with E-state index in [4.69, 9.17) is 0 Å². The van der Waals surface area contributed by atoms with Crippen molar-refractivity contribution < 1.29 is 4.79 Å². The van der Waals surface area contributed by atoms with Crippen LogP contribution in [-0.4, -0.2) is 5.78 Å². The van der Waals surface area contributed by atoms with Gasteiger partial charge in [0.1, 0.15) is 0 Å². The molecule has 6 aromatic carbocycles. The minimum atomic E-state index is 0.119. The number of hydrogen-bond donors (Lipinski definition) is 0. The Balaban J connectivity index is 1.20. The standard InChI is InChI=1S/C39H28O/c40-39-37-25-35(31-15-11-29(12-16-31)27-7-3-1-4-8-27)23-21-33(37)19-20-34-22-24-36(26-38(34)39)32-17-13-30(14-18-32)28-9-5-2-6-10-28/h1-18,21-26H,19-20H2. The largest absolute Gasteiger partial charge is 0.289 e. The van der Waals surface area contributed by atoms with E-state index < -0.39 is 0 Å². The summed E-state index contributed by atoms with van der Waals surface area (Å²) in [6.45, 7) is 0. The predicted octanol–water partition coefficient (Wildman–Crippen LogP) is 9.68. The Morgan fingerprint density at radius 1 is 0.325 bits per heavy atom. The average Bonchev–Trinajstić information content (AvgIpc) is 3.17.